The van der Waals surface area contributed by atoms with E-state index in [9.17, 15) is 0 Å². The van der Waals surface area contributed by atoms with Crippen molar-refractivity contribution >= 4 is 72.2 Å². The van der Waals surface area contributed by atoms with Gasteiger partial charge in [0, 0.05) is 19.5 Å². The van der Waals surface area contributed by atoms with Crippen LogP contribution in [-0.2, 0) is 40.3 Å². The van der Waals surface area contributed by atoms with Crippen molar-refractivity contribution < 1.29 is 54.5 Å². The van der Waals surface area contributed by atoms with Crippen LogP contribution >= 0.6 is 0 Å². The van der Waals surface area contributed by atoms with E-state index in [-0.39, 0.29) is 70.9 Å². The SMILES string of the molecule is O=S(=O)(O)O.O=S(=O)(O)O.[KH].[Zn]. The summed E-state index contributed by atoms with van der Waals surface area (Å²) in [5.74, 6) is 0. The van der Waals surface area contributed by atoms with E-state index in [1.165, 1.54) is 0 Å². The van der Waals surface area contributed by atoms with Gasteiger partial charge in [-0.15, -0.1) is 0 Å². The Labute approximate surface area is 124 Å². The first-order valence-corrected chi connectivity index (χ1v) is 4.19. The van der Waals surface area contributed by atoms with Crippen LogP contribution in [-0.4, -0.2) is 86.4 Å². The van der Waals surface area contributed by atoms with Crippen molar-refractivity contribution in [3.63, 3.8) is 0 Å². The van der Waals surface area contributed by atoms with Gasteiger partial charge < -0.3 is 0 Å². The van der Waals surface area contributed by atoms with Gasteiger partial charge in [-0.25, -0.2) is 0 Å². The average Bonchev–Trinajstić information content (AvgIpc) is 1.12. The van der Waals surface area contributed by atoms with Gasteiger partial charge in [0.2, 0.25) is 0 Å². The maximum atomic E-state index is 8.74. The van der Waals surface area contributed by atoms with Crippen LogP contribution in [0.3, 0.4) is 0 Å². The van der Waals surface area contributed by atoms with Crippen molar-refractivity contribution in [2.24, 2.45) is 0 Å². The van der Waals surface area contributed by atoms with Crippen molar-refractivity contribution in [1.29, 1.82) is 0 Å². The van der Waals surface area contributed by atoms with Crippen molar-refractivity contribution in [1.82, 2.24) is 0 Å². The molecule has 0 unspecified atom stereocenters. The maximum absolute atomic E-state index is 8.74. The zero-order chi connectivity index (χ0) is 9.00. The molecule has 12 heavy (non-hydrogen) atoms. The number of hydrogen-bond acceptors (Lipinski definition) is 4. The zero-order valence-corrected chi connectivity index (χ0v) is 9.55. The van der Waals surface area contributed by atoms with Gasteiger partial charge in [0.25, 0.3) is 0 Å². The first-order chi connectivity index (χ1) is 4.00. The van der Waals surface area contributed by atoms with Crippen LogP contribution in [0, 0.1) is 0 Å². The Morgan fingerprint density at radius 2 is 0.667 bits per heavy atom. The monoisotopic (exact) mass is 300 g/mol. The minimum absolute atomic E-state index is 0. The fourth-order valence-electron chi connectivity index (χ4n) is 0. The van der Waals surface area contributed by atoms with E-state index in [2.05, 4.69) is 0 Å². The topological polar surface area (TPSA) is 149 Å². The van der Waals surface area contributed by atoms with E-state index < -0.39 is 20.8 Å². The van der Waals surface area contributed by atoms with Gasteiger partial charge in [0.15, 0.2) is 0 Å². The van der Waals surface area contributed by atoms with Gasteiger partial charge in [-0.2, -0.15) is 16.8 Å². The molecule has 0 aliphatic carbocycles. The Balaban J connectivity index is -0.0000000457. The molecular formula is H5KO8S2Zn. The first-order valence-electron chi connectivity index (χ1n) is 1.40. The molecule has 0 saturated heterocycles. The molecule has 0 aromatic carbocycles. The second-order valence-electron chi connectivity index (χ2n) is 0.896. The third-order valence-electron chi connectivity index (χ3n) is 0. The van der Waals surface area contributed by atoms with Crippen LogP contribution in [0.15, 0.2) is 0 Å². The molecule has 4 N–H and O–H groups in total. The summed E-state index contributed by atoms with van der Waals surface area (Å²) in [5, 5.41) is 0. The van der Waals surface area contributed by atoms with Gasteiger partial charge in [-0.05, 0) is 0 Å². The third kappa shape index (κ3) is 363. The molecule has 8 nitrogen and oxygen atoms in total. The molecule has 0 saturated carbocycles. The summed E-state index contributed by atoms with van der Waals surface area (Å²) in [6.07, 6.45) is 0. The smallest absolute Gasteiger partial charge is 0 e. The normalized spacial score (nSPS) is 9.67. The number of hydrogen-bond donors (Lipinski definition) is 4. The van der Waals surface area contributed by atoms with Crippen LogP contribution in [0.25, 0.3) is 0 Å². The fourth-order valence-corrected chi connectivity index (χ4v) is 0. The Morgan fingerprint density at radius 1 is 0.667 bits per heavy atom. The van der Waals surface area contributed by atoms with Gasteiger partial charge in [0.1, 0.15) is 0 Å². The fraction of sp³-hybridized carbons (Fsp3) is 0. The predicted molar refractivity (Wildman–Crippen MR) is 35.5 cm³/mol. The van der Waals surface area contributed by atoms with E-state index >= 15 is 0 Å². The van der Waals surface area contributed by atoms with Crippen molar-refractivity contribution in [2.75, 3.05) is 0 Å². The molecule has 0 atom stereocenters. The van der Waals surface area contributed by atoms with Crippen LogP contribution in [0.5, 0.6) is 0 Å². The molecule has 0 fully saturated rings. The summed E-state index contributed by atoms with van der Waals surface area (Å²) in [5.41, 5.74) is 0. The molecule has 0 spiro atoms. The Morgan fingerprint density at radius 3 is 0.667 bits per heavy atom. The molecule has 0 amide bonds. The second-order valence-corrected chi connectivity index (χ2v) is 2.69. The van der Waals surface area contributed by atoms with E-state index in [4.69, 9.17) is 35.0 Å². The third-order valence-corrected chi connectivity index (χ3v) is 0. The summed E-state index contributed by atoms with van der Waals surface area (Å²) < 4.78 is 63.2. The average molecular weight is 302 g/mol. The summed E-state index contributed by atoms with van der Waals surface area (Å²) in [6.45, 7) is 0. The van der Waals surface area contributed by atoms with E-state index in [0.717, 1.165) is 0 Å². The van der Waals surface area contributed by atoms with Crippen molar-refractivity contribution in [3.05, 3.63) is 0 Å². The van der Waals surface area contributed by atoms with Crippen molar-refractivity contribution in [3.8, 4) is 0 Å². The molecule has 0 radical (unpaired) electrons. The second kappa shape index (κ2) is 9.55. The van der Waals surface area contributed by atoms with E-state index in [1.807, 2.05) is 0 Å². The molecule has 0 aromatic heterocycles. The van der Waals surface area contributed by atoms with E-state index in [0.29, 0.717) is 0 Å². The quantitative estimate of drug-likeness (QED) is 0.298. The van der Waals surface area contributed by atoms with Gasteiger partial charge >= 0.3 is 72.2 Å². The minimum atomic E-state index is -4.67. The van der Waals surface area contributed by atoms with Crippen LogP contribution in [0.4, 0.5) is 0 Å². The minimum Gasteiger partial charge on any atom is 0 e. The Hall–Kier alpha value is 2.00. The van der Waals surface area contributed by atoms with Crippen LogP contribution in [0.2, 0.25) is 0 Å². The summed E-state index contributed by atoms with van der Waals surface area (Å²) >= 11 is 0. The maximum Gasteiger partial charge on any atom is 0 e. The van der Waals surface area contributed by atoms with Gasteiger partial charge in [0.05, 0.1) is 0 Å². The molecule has 0 rings (SSSR count). The van der Waals surface area contributed by atoms with Crippen LogP contribution in [0.1, 0.15) is 0 Å². The van der Waals surface area contributed by atoms with Gasteiger partial charge in [-0.1, -0.05) is 0 Å². The summed E-state index contributed by atoms with van der Waals surface area (Å²) in [7, 11) is -9.33. The summed E-state index contributed by atoms with van der Waals surface area (Å²) in [4.78, 5) is 0. The standard InChI is InChI=1S/K.2H2O4S.Zn.H/c;2*1-5(2,3)4;;/h;2*(H2,1,2,3,4);;. The number of rotatable bonds is 0. The molecule has 12 heteroatoms. The first kappa shape index (κ1) is 23.7. The molecule has 0 aromatic rings. The predicted octanol–water partition coefficient (Wildman–Crippen LogP) is -1.96. The molecule has 0 bridgehead atoms. The van der Waals surface area contributed by atoms with Crippen molar-refractivity contribution in [2.45, 2.75) is 0 Å². The van der Waals surface area contributed by atoms with Gasteiger partial charge in [-0.3, -0.25) is 18.2 Å². The largest absolute Gasteiger partial charge is 0 e. The molecule has 68 valence electrons. The molecule has 0 aliphatic heterocycles. The Bertz CT molecular complexity index is 213. The summed E-state index contributed by atoms with van der Waals surface area (Å²) in [6, 6.07) is 0. The van der Waals surface area contributed by atoms with Crippen LogP contribution < -0.4 is 0 Å². The molecule has 0 aliphatic rings. The van der Waals surface area contributed by atoms with E-state index in [1.54, 1.807) is 0 Å². The molecule has 0 heterocycles. The zero-order valence-electron chi connectivity index (χ0n) is 4.95. The Kier molecular flexibility index (Phi) is 18.8. The molecular weight excluding hydrogens is 297 g/mol.